The Morgan fingerprint density at radius 3 is 2.59 bits per heavy atom. The molecule has 0 unspecified atom stereocenters. The van der Waals surface area contributed by atoms with Crippen molar-refractivity contribution in [2.75, 3.05) is 30.6 Å². The Bertz CT molecular complexity index is 852. The van der Waals surface area contributed by atoms with Gasteiger partial charge in [-0.2, -0.15) is 0 Å². The standard InChI is InChI=1S/C19H24N4O4S2/c1-26-14-9-8-13(10-15(14)27-2)20-16(24)11-28-19-23-22-18(29-19)21-17(25)12-6-4-3-5-7-12/h8-10,12H,3-7,11H2,1-2H3,(H,20,24)(H,21,22,25). The van der Waals surface area contributed by atoms with Crippen LogP contribution in [-0.2, 0) is 9.59 Å². The van der Waals surface area contributed by atoms with Crippen molar-refractivity contribution in [3.63, 3.8) is 0 Å². The van der Waals surface area contributed by atoms with Crippen molar-refractivity contribution < 1.29 is 19.1 Å². The Labute approximate surface area is 177 Å². The van der Waals surface area contributed by atoms with E-state index in [2.05, 4.69) is 20.8 Å². The number of hydrogen-bond acceptors (Lipinski definition) is 8. The van der Waals surface area contributed by atoms with Gasteiger partial charge in [0.1, 0.15) is 0 Å². The topological polar surface area (TPSA) is 102 Å². The SMILES string of the molecule is COc1ccc(NC(=O)CSc2nnc(NC(=O)C3CCCCC3)s2)cc1OC. The highest BCUT2D eigenvalue weighted by Crippen LogP contribution is 2.31. The molecule has 0 aliphatic heterocycles. The van der Waals surface area contributed by atoms with Gasteiger partial charge in [-0.1, -0.05) is 42.4 Å². The number of hydrogen-bond donors (Lipinski definition) is 2. The molecule has 1 aromatic carbocycles. The summed E-state index contributed by atoms with van der Waals surface area (Å²) in [5.41, 5.74) is 0.617. The summed E-state index contributed by atoms with van der Waals surface area (Å²) in [4.78, 5) is 24.5. The van der Waals surface area contributed by atoms with Gasteiger partial charge in [-0.05, 0) is 25.0 Å². The molecule has 2 N–H and O–H groups in total. The third kappa shape index (κ3) is 6.07. The first kappa shape index (κ1) is 21.4. The maximum atomic E-state index is 12.3. The van der Waals surface area contributed by atoms with Gasteiger partial charge in [0, 0.05) is 17.7 Å². The van der Waals surface area contributed by atoms with Gasteiger partial charge in [0.05, 0.1) is 20.0 Å². The zero-order valence-corrected chi connectivity index (χ0v) is 18.0. The molecule has 29 heavy (non-hydrogen) atoms. The van der Waals surface area contributed by atoms with E-state index in [1.807, 2.05) is 0 Å². The van der Waals surface area contributed by atoms with Crippen LogP contribution in [0, 0.1) is 5.92 Å². The van der Waals surface area contributed by atoms with E-state index >= 15 is 0 Å². The number of benzene rings is 1. The van der Waals surface area contributed by atoms with Gasteiger partial charge in [0.25, 0.3) is 0 Å². The van der Waals surface area contributed by atoms with Crippen LogP contribution in [0.25, 0.3) is 0 Å². The van der Waals surface area contributed by atoms with Crippen LogP contribution in [0.5, 0.6) is 11.5 Å². The highest BCUT2D eigenvalue weighted by molar-refractivity contribution is 8.01. The zero-order chi connectivity index (χ0) is 20.6. The average Bonchev–Trinajstić information content (AvgIpc) is 3.20. The second-order valence-electron chi connectivity index (χ2n) is 6.60. The van der Waals surface area contributed by atoms with Crippen LogP contribution >= 0.6 is 23.1 Å². The number of nitrogens with zero attached hydrogens (tertiary/aromatic N) is 2. The van der Waals surface area contributed by atoms with Crippen molar-refractivity contribution in [2.24, 2.45) is 5.92 Å². The van der Waals surface area contributed by atoms with E-state index < -0.39 is 0 Å². The van der Waals surface area contributed by atoms with E-state index in [1.165, 1.54) is 29.5 Å². The monoisotopic (exact) mass is 436 g/mol. The van der Waals surface area contributed by atoms with Crippen LogP contribution in [-0.4, -0.2) is 42.0 Å². The summed E-state index contributed by atoms with van der Waals surface area (Å²) in [6.45, 7) is 0. The number of methoxy groups -OCH3 is 2. The van der Waals surface area contributed by atoms with Gasteiger partial charge in [0.2, 0.25) is 16.9 Å². The fraction of sp³-hybridized carbons (Fsp3) is 0.474. The number of ether oxygens (including phenoxy) is 2. The molecular formula is C19H24N4O4S2. The minimum Gasteiger partial charge on any atom is -0.493 e. The van der Waals surface area contributed by atoms with Crippen molar-refractivity contribution in [1.82, 2.24) is 10.2 Å². The lowest BCUT2D eigenvalue weighted by Crippen LogP contribution is -2.24. The fourth-order valence-corrected chi connectivity index (χ4v) is 4.68. The summed E-state index contributed by atoms with van der Waals surface area (Å²) in [6, 6.07) is 5.17. The number of aromatic nitrogens is 2. The largest absolute Gasteiger partial charge is 0.493 e. The quantitative estimate of drug-likeness (QED) is 0.479. The molecule has 1 aromatic heterocycles. The first-order valence-electron chi connectivity index (χ1n) is 9.38. The molecule has 1 fully saturated rings. The smallest absolute Gasteiger partial charge is 0.234 e. The van der Waals surface area contributed by atoms with E-state index in [0.717, 1.165) is 25.7 Å². The van der Waals surface area contributed by atoms with E-state index in [4.69, 9.17) is 9.47 Å². The molecule has 2 aromatic rings. The van der Waals surface area contributed by atoms with Crippen LogP contribution < -0.4 is 20.1 Å². The van der Waals surface area contributed by atoms with Crippen LogP contribution in [0.1, 0.15) is 32.1 Å². The normalized spacial score (nSPS) is 14.3. The number of amides is 2. The average molecular weight is 437 g/mol. The highest BCUT2D eigenvalue weighted by atomic mass is 32.2. The number of carbonyl (C=O) groups excluding carboxylic acids is 2. The molecule has 0 spiro atoms. The number of rotatable bonds is 8. The Kier molecular flexibility index (Phi) is 7.70. The molecule has 1 aliphatic carbocycles. The minimum atomic E-state index is -0.176. The summed E-state index contributed by atoms with van der Waals surface area (Å²) in [6.07, 6.45) is 5.27. The van der Waals surface area contributed by atoms with Crippen LogP contribution in [0.15, 0.2) is 22.5 Å². The van der Waals surface area contributed by atoms with Gasteiger partial charge >= 0.3 is 0 Å². The number of anilines is 2. The van der Waals surface area contributed by atoms with E-state index in [1.54, 1.807) is 32.4 Å². The molecule has 2 amide bonds. The van der Waals surface area contributed by atoms with Gasteiger partial charge in [-0.25, -0.2) is 0 Å². The second-order valence-corrected chi connectivity index (χ2v) is 8.80. The third-order valence-electron chi connectivity index (χ3n) is 4.61. The van der Waals surface area contributed by atoms with Crippen molar-refractivity contribution in [1.29, 1.82) is 0 Å². The molecule has 0 radical (unpaired) electrons. The summed E-state index contributed by atoms with van der Waals surface area (Å²) in [5, 5.41) is 14.2. The van der Waals surface area contributed by atoms with Gasteiger partial charge in [-0.3, -0.25) is 9.59 Å². The van der Waals surface area contributed by atoms with Gasteiger partial charge < -0.3 is 20.1 Å². The first-order valence-corrected chi connectivity index (χ1v) is 11.2. The zero-order valence-electron chi connectivity index (χ0n) is 16.4. The lowest BCUT2D eigenvalue weighted by Gasteiger charge is -2.19. The Morgan fingerprint density at radius 2 is 1.86 bits per heavy atom. The summed E-state index contributed by atoms with van der Waals surface area (Å²) in [7, 11) is 3.10. The molecule has 1 aliphatic rings. The van der Waals surface area contributed by atoms with Crippen molar-refractivity contribution in [3.8, 4) is 11.5 Å². The molecule has 3 rings (SSSR count). The lowest BCUT2D eigenvalue weighted by atomic mass is 9.89. The fourth-order valence-electron chi connectivity index (χ4n) is 3.13. The molecular weight excluding hydrogens is 412 g/mol. The lowest BCUT2D eigenvalue weighted by molar-refractivity contribution is -0.120. The molecule has 1 heterocycles. The van der Waals surface area contributed by atoms with Crippen LogP contribution in [0.4, 0.5) is 10.8 Å². The maximum absolute atomic E-state index is 12.3. The highest BCUT2D eigenvalue weighted by Gasteiger charge is 2.22. The molecule has 0 saturated heterocycles. The molecule has 8 nitrogen and oxygen atoms in total. The Hall–Kier alpha value is -2.33. The van der Waals surface area contributed by atoms with Crippen molar-refractivity contribution in [3.05, 3.63) is 18.2 Å². The van der Waals surface area contributed by atoms with E-state index in [-0.39, 0.29) is 23.5 Å². The van der Waals surface area contributed by atoms with Gasteiger partial charge in [0.15, 0.2) is 15.8 Å². The van der Waals surface area contributed by atoms with E-state index in [0.29, 0.717) is 26.7 Å². The van der Waals surface area contributed by atoms with Crippen molar-refractivity contribution in [2.45, 2.75) is 36.4 Å². The Balaban J connectivity index is 1.47. The molecule has 156 valence electrons. The molecule has 10 heteroatoms. The summed E-state index contributed by atoms with van der Waals surface area (Å²) < 4.78 is 11.0. The molecule has 0 atom stereocenters. The van der Waals surface area contributed by atoms with Crippen molar-refractivity contribution >= 4 is 45.7 Å². The summed E-state index contributed by atoms with van der Waals surface area (Å²) in [5.74, 6) is 1.22. The minimum absolute atomic E-state index is 0.0172. The third-order valence-corrected chi connectivity index (χ3v) is 6.58. The van der Waals surface area contributed by atoms with Crippen LogP contribution in [0.3, 0.4) is 0 Å². The number of thioether (sulfide) groups is 1. The van der Waals surface area contributed by atoms with Crippen LogP contribution in [0.2, 0.25) is 0 Å². The second kappa shape index (κ2) is 10.4. The number of carbonyl (C=O) groups is 2. The molecule has 1 saturated carbocycles. The van der Waals surface area contributed by atoms with E-state index in [9.17, 15) is 9.59 Å². The summed E-state index contributed by atoms with van der Waals surface area (Å²) >= 11 is 2.55. The molecule has 0 bridgehead atoms. The maximum Gasteiger partial charge on any atom is 0.234 e. The predicted octanol–water partition coefficient (Wildman–Crippen LogP) is 3.80. The van der Waals surface area contributed by atoms with Gasteiger partial charge in [-0.15, -0.1) is 10.2 Å². The number of nitrogens with one attached hydrogen (secondary N) is 2. The Morgan fingerprint density at radius 1 is 1.10 bits per heavy atom. The first-order chi connectivity index (χ1) is 14.1. The predicted molar refractivity (Wildman–Crippen MR) is 114 cm³/mol.